The number of pyridine rings is 1. The van der Waals surface area contributed by atoms with Crippen LogP contribution in [0.2, 0.25) is 0 Å². The van der Waals surface area contributed by atoms with E-state index in [0.717, 1.165) is 30.6 Å². The van der Waals surface area contributed by atoms with E-state index < -0.39 is 0 Å². The van der Waals surface area contributed by atoms with E-state index in [0.29, 0.717) is 6.04 Å². The third-order valence-electron chi connectivity index (χ3n) is 3.84. The Hall–Kier alpha value is -1.78. The van der Waals surface area contributed by atoms with Crippen LogP contribution < -0.4 is 10.6 Å². The molecular formula is C13H18N4O. The average molecular weight is 246 g/mol. The Kier molecular flexibility index (Phi) is 2.61. The molecule has 0 radical (unpaired) electrons. The molecule has 0 amide bonds. The zero-order valence-corrected chi connectivity index (χ0v) is 10.6. The van der Waals surface area contributed by atoms with Crippen molar-refractivity contribution in [3.8, 4) is 0 Å². The number of hydrogen-bond donors (Lipinski definition) is 2. The minimum absolute atomic E-state index is 0.152. The molecule has 1 heterocycles. The van der Waals surface area contributed by atoms with Crippen LogP contribution in [0, 0.1) is 0 Å². The first-order valence-electron chi connectivity index (χ1n) is 6.44. The van der Waals surface area contributed by atoms with Gasteiger partial charge in [-0.15, -0.1) is 0 Å². The van der Waals surface area contributed by atoms with Crippen molar-refractivity contribution in [2.24, 2.45) is 10.9 Å². The van der Waals surface area contributed by atoms with Crippen LogP contribution >= 0.6 is 0 Å². The van der Waals surface area contributed by atoms with Crippen molar-refractivity contribution in [3.05, 3.63) is 22.9 Å². The molecular weight excluding hydrogens is 228 g/mol. The van der Waals surface area contributed by atoms with Crippen molar-refractivity contribution in [1.82, 2.24) is 4.98 Å². The van der Waals surface area contributed by atoms with Gasteiger partial charge >= 0.3 is 0 Å². The Morgan fingerprint density at radius 3 is 2.94 bits per heavy atom. The summed E-state index contributed by atoms with van der Waals surface area (Å²) in [7, 11) is 2.04. The summed E-state index contributed by atoms with van der Waals surface area (Å²) in [6, 6.07) is 2.60. The van der Waals surface area contributed by atoms with Crippen LogP contribution in [0.5, 0.6) is 0 Å². The normalized spacial score (nSPS) is 18.8. The predicted molar refractivity (Wildman–Crippen MR) is 70.2 cm³/mol. The number of hydrogen-bond acceptors (Lipinski definition) is 4. The van der Waals surface area contributed by atoms with E-state index in [1.807, 2.05) is 13.1 Å². The number of aromatic nitrogens is 1. The first-order valence-corrected chi connectivity index (χ1v) is 6.44. The van der Waals surface area contributed by atoms with E-state index in [-0.39, 0.29) is 5.84 Å². The first kappa shape index (κ1) is 11.3. The van der Waals surface area contributed by atoms with Gasteiger partial charge in [0, 0.05) is 18.8 Å². The molecule has 1 saturated carbocycles. The Balaban J connectivity index is 2.08. The van der Waals surface area contributed by atoms with Crippen LogP contribution in [0.4, 0.5) is 5.82 Å². The molecule has 5 nitrogen and oxygen atoms in total. The molecule has 0 bridgehead atoms. The molecule has 2 aliphatic rings. The van der Waals surface area contributed by atoms with Crippen LogP contribution in [-0.4, -0.2) is 29.1 Å². The summed E-state index contributed by atoms with van der Waals surface area (Å²) in [6.07, 6.45) is 5.63. The number of oxime groups is 1. The number of nitrogens with zero attached hydrogens (tertiary/aromatic N) is 3. The largest absolute Gasteiger partial charge is 0.409 e. The molecule has 3 rings (SSSR count). The molecule has 0 saturated heterocycles. The topological polar surface area (TPSA) is 74.7 Å². The van der Waals surface area contributed by atoms with Gasteiger partial charge < -0.3 is 15.8 Å². The Morgan fingerprint density at radius 2 is 2.28 bits per heavy atom. The van der Waals surface area contributed by atoms with Crippen molar-refractivity contribution < 1.29 is 5.21 Å². The molecule has 0 atom stereocenters. The van der Waals surface area contributed by atoms with Gasteiger partial charge in [0.1, 0.15) is 5.82 Å². The molecule has 96 valence electrons. The Morgan fingerprint density at radius 1 is 1.50 bits per heavy atom. The van der Waals surface area contributed by atoms with Crippen molar-refractivity contribution in [1.29, 1.82) is 0 Å². The molecule has 0 aliphatic heterocycles. The van der Waals surface area contributed by atoms with Gasteiger partial charge in [0.25, 0.3) is 0 Å². The van der Waals surface area contributed by atoms with Crippen LogP contribution in [0.15, 0.2) is 11.2 Å². The smallest absolute Gasteiger partial charge is 0.173 e. The third kappa shape index (κ3) is 1.79. The number of amidine groups is 1. The summed E-state index contributed by atoms with van der Waals surface area (Å²) in [5.41, 5.74) is 8.95. The summed E-state index contributed by atoms with van der Waals surface area (Å²) < 4.78 is 0. The molecule has 0 spiro atoms. The molecule has 2 aliphatic carbocycles. The number of aryl methyl sites for hydroxylation is 2. The fourth-order valence-electron chi connectivity index (χ4n) is 2.61. The third-order valence-corrected chi connectivity index (χ3v) is 3.84. The van der Waals surface area contributed by atoms with Crippen LogP contribution in [0.1, 0.15) is 36.1 Å². The van der Waals surface area contributed by atoms with E-state index in [1.54, 1.807) is 0 Å². The van der Waals surface area contributed by atoms with Gasteiger partial charge in [-0.3, -0.25) is 0 Å². The lowest BCUT2D eigenvalue weighted by Crippen LogP contribution is -2.26. The highest BCUT2D eigenvalue weighted by Gasteiger charge is 2.30. The number of nitrogens with two attached hydrogens (primary N) is 1. The minimum Gasteiger partial charge on any atom is -0.409 e. The summed E-state index contributed by atoms with van der Waals surface area (Å²) in [6.45, 7) is 0. The van der Waals surface area contributed by atoms with Gasteiger partial charge in [0.05, 0.1) is 5.56 Å². The summed E-state index contributed by atoms with van der Waals surface area (Å²) >= 11 is 0. The van der Waals surface area contributed by atoms with E-state index >= 15 is 0 Å². The van der Waals surface area contributed by atoms with Gasteiger partial charge in [-0.25, -0.2) is 4.98 Å². The lowest BCUT2D eigenvalue weighted by molar-refractivity contribution is 0.318. The second-order valence-electron chi connectivity index (χ2n) is 5.15. The minimum atomic E-state index is 0.152. The van der Waals surface area contributed by atoms with Crippen LogP contribution in [-0.2, 0) is 12.8 Å². The lowest BCUT2D eigenvalue weighted by atomic mass is 10.1. The van der Waals surface area contributed by atoms with Crippen molar-refractivity contribution in [2.75, 3.05) is 11.9 Å². The second-order valence-corrected chi connectivity index (χ2v) is 5.15. The molecule has 0 aromatic carbocycles. The number of fused-ring (bicyclic) bond motifs is 1. The fraction of sp³-hybridized carbons (Fsp3) is 0.538. The Bertz CT molecular complexity index is 508. The van der Waals surface area contributed by atoms with Crippen molar-refractivity contribution >= 4 is 11.7 Å². The van der Waals surface area contributed by atoms with E-state index in [2.05, 4.69) is 10.1 Å². The van der Waals surface area contributed by atoms with E-state index in [9.17, 15) is 0 Å². The van der Waals surface area contributed by atoms with Crippen LogP contribution in [0.3, 0.4) is 0 Å². The molecule has 1 fully saturated rings. The Labute approximate surface area is 106 Å². The highest BCUT2D eigenvalue weighted by molar-refractivity contribution is 6.01. The van der Waals surface area contributed by atoms with Crippen molar-refractivity contribution in [3.63, 3.8) is 0 Å². The molecule has 5 heteroatoms. The zero-order chi connectivity index (χ0) is 12.7. The second kappa shape index (κ2) is 4.15. The van der Waals surface area contributed by atoms with Gasteiger partial charge in [-0.1, -0.05) is 5.16 Å². The standard InChI is InChI=1S/C13H18N4O/c1-17(9-5-6-9)13-10(12(14)16-18)7-8-3-2-4-11(8)15-13/h7,9,18H,2-6H2,1H3,(H2,14,16). The first-order chi connectivity index (χ1) is 8.70. The van der Waals surface area contributed by atoms with E-state index in [4.69, 9.17) is 15.9 Å². The molecule has 3 N–H and O–H groups in total. The maximum Gasteiger partial charge on any atom is 0.173 e. The monoisotopic (exact) mass is 246 g/mol. The lowest BCUT2D eigenvalue weighted by Gasteiger charge is -2.21. The molecule has 18 heavy (non-hydrogen) atoms. The highest BCUT2D eigenvalue weighted by Crippen LogP contribution is 2.33. The SMILES string of the molecule is CN(c1nc2c(cc1C(N)=NO)CCC2)C1CC1. The van der Waals surface area contributed by atoms with E-state index in [1.165, 1.54) is 24.1 Å². The van der Waals surface area contributed by atoms with Gasteiger partial charge in [-0.05, 0) is 43.7 Å². The fourth-order valence-corrected chi connectivity index (χ4v) is 2.61. The van der Waals surface area contributed by atoms with Gasteiger partial charge in [-0.2, -0.15) is 0 Å². The van der Waals surface area contributed by atoms with Crippen molar-refractivity contribution in [2.45, 2.75) is 38.1 Å². The predicted octanol–water partition coefficient (Wildman–Crippen LogP) is 1.26. The maximum atomic E-state index is 8.91. The zero-order valence-electron chi connectivity index (χ0n) is 10.6. The summed E-state index contributed by atoms with van der Waals surface area (Å²) in [5.74, 6) is 1.01. The summed E-state index contributed by atoms with van der Waals surface area (Å²) in [5, 5.41) is 12.0. The molecule has 1 aromatic heterocycles. The van der Waals surface area contributed by atoms with Gasteiger partial charge in [0.2, 0.25) is 0 Å². The number of anilines is 1. The molecule has 1 aromatic rings. The van der Waals surface area contributed by atoms with Gasteiger partial charge in [0.15, 0.2) is 5.84 Å². The number of rotatable bonds is 3. The summed E-state index contributed by atoms with van der Waals surface area (Å²) in [4.78, 5) is 6.90. The average Bonchev–Trinajstić information content (AvgIpc) is 3.14. The van der Waals surface area contributed by atoms with Crippen LogP contribution in [0.25, 0.3) is 0 Å². The molecule has 0 unspecified atom stereocenters. The highest BCUT2D eigenvalue weighted by atomic mass is 16.4. The maximum absolute atomic E-state index is 8.91. The quantitative estimate of drug-likeness (QED) is 0.364.